The van der Waals surface area contributed by atoms with Crippen LogP contribution in [0.5, 0.6) is 0 Å². The van der Waals surface area contributed by atoms with Gasteiger partial charge in [-0.25, -0.2) is 13.2 Å². The molecule has 0 unspecified atom stereocenters. The van der Waals surface area contributed by atoms with Gasteiger partial charge in [-0.2, -0.15) is 0 Å². The number of aryl methyl sites for hydroxylation is 2. The molecule has 0 aromatic carbocycles. The number of thiophene rings is 1. The molecule has 20 heavy (non-hydrogen) atoms. The van der Waals surface area contributed by atoms with Crippen LogP contribution in [0.4, 0.5) is 5.69 Å². The summed E-state index contributed by atoms with van der Waals surface area (Å²) in [5.41, 5.74) is 1.58. The van der Waals surface area contributed by atoms with E-state index in [2.05, 4.69) is 9.71 Å². The van der Waals surface area contributed by atoms with Crippen molar-refractivity contribution in [1.29, 1.82) is 0 Å². The molecule has 2 rings (SSSR count). The lowest BCUT2D eigenvalue weighted by Crippen LogP contribution is -2.11. The molecule has 0 aliphatic heterocycles. The summed E-state index contributed by atoms with van der Waals surface area (Å²) in [6.45, 7) is 3.36. The molecule has 0 fully saturated rings. The normalized spacial score (nSPS) is 11.3. The predicted octanol–water partition coefficient (Wildman–Crippen LogP) is 2.26. The number of aromatic nitrogens is 1. The molecule has 2 aromatic rings. The van der Waals surface area contributed by atoms with Crippen LogP contribution in [0.3, 0.4) is 0 Å². The molecule has 8 heteroatoms. The third-order valence-corrected chi connectivity index (χ3v) is 5.56. The predicted molar refractivity (Wildman–Crippen MR) is 75.8 cm³/mol. The summed E-state index contributed by atoms with van der Waals surface area (Å²) in [7, 11) is -3.80. The zero-order chi connectivity index (χ0) is 14.9. The Bertz CT molecular complexity index is 766. The van der Waals surface area contributed by atoms with Gasteiger partial charge in [0, 0.05) is 6.20 Å². The van der Waals surface area contributed by atoms with E-state index in [0.717, 1.165) is 16.9 Å². The quantitative estimate of drug-likeness (QED) is 0.902. The van der Waals surface area contributed by atoms with Crippen LogP contribution in [0, 0.1) is 13.8 Å². The second-order valence-electron chi connectivity index (χ2n) is 4.24. The number of pyridine rings is 1. The zero-order valence-electron chi connectivity index (χ0n) is 10.7. The summed E-state index contributed by atoms with van der Waals surface area (Å²) < 4.78 is 26.7. The second-order valence-corrected chi connectivity index (χ2v) is 7.20. The number of anilines is 1. The summed E-state index contributed by atoms with van der Waals surface area (Å²) in [6.07, 6.45) is 3.00. The highest BCUT2D eigenvalue weighted by Crippen LogP contribution is 2.27. The van der Waals surface area contributed by atoms with Crippen molar-refractivity contribution in [3.8, 4) is 0 Å². The van der Waals surface area contributed by atoms with Crippen LogP contribution in [0.2, 0.25) is 0 Å². The number of sulfonamides is 1. The molecule has 6 nitrogen and oxygen atoms in total. The highest BCUT2D eigenvalue weighted by molar-refractivity contribution is 7.94. The maximum absolute atomic E-state index is 12.2. The summed E-state index contributed by atoms with van der Waals surface area (Å²) in [4.78, 5) is 14.9. The fraction of sp³-hybridized carbons (Fsp3) is 0.167. The van der Waals surface area contributed by atoms with E-state index in [-0.39, 0.29) is 9.09 Å². The van der Waals surface area contributed by atoms with Crippen LogP contribution in [0.25, 0.3) is 0 Å². The van der Waals surface area contributed by atoms with Crippen molar-refractivity contribution in [2.24, 2.45) is 0 Å². The fourth-order valence-corrected chi connectivity index (χ4v) is 4.03. The number of hydrogen-bond donors (Lipinski definition) is 2. The first-order valence-corrected chi connectivity index (χ1v) is 7.88. The van der Waals surface area contributed by atoms with Gasteiger partial charge in [-0.3, -0.25) is 9.71 Å². The van der Waals surface area contributed by atoms with E-state index < -0.39 is 16.0 Å². The highest BCUT2D eigenvalue weighted by Gasteiger charge is 2.21. The van der Waals surface area contributed by atoms with E-state index in [9.17, 15) is 13.2 Å². The van der Waals surface area contributed by atoms with E-state index in [1.807, 2.05) is 0 Å². The first kappa shape index (κ1) is 14.5. The Kier molecular flexibility index (Phi) is 3.78. The Labute approximate surface area is 120 Å². The topological polar surface area (TPSA) is 96.4 Å². The molecule has 0 bridgehead atoms. The number of carboxylic acid groups (broad SMARTS) is 1. The summed E-state index contributed by atoms with van der Waals surface area (Å²) in [6, 6.07) is 2.99. The summed E-state index contributed by atoms with van der Waals surface area (Å²) in [5.74, 6) is -1.13. The molecule has 0 aliphatic rings. The Morgan fingerprint density at radius 1 is 1.30 bits per heavy atom. The first-order valence-electron chi connectivity index (χ1n) is 5.58. The Morgan fingerprint density at radius 3 is 2.55 bits per heavy atom. The molecule has 0 radical (unpaired) electrons. The van der Waals surface area contributed by atoms with E-state index in [1.165, 1.54) is 12.3 Å². The van der Waals surface area contributed by atoms with Crippen LogP contribution in [-0.2, 0) is 10.0 Å². The second kappa shape index (κ2) is 5.22. The smallest absolute Gasteiger partial charge is 0.346 e. The lowest BCUT2D eigenvalue weighted by atomic mass is 10.3. The van der Waals surface area contributed by atoms with E-state index in [0.29, 0.717) is 11.3 Å². The van der Waals surface area contributed by atoms with Gasteiger partial charge in [-0.1, -0.05) is 0 Å². The Balaban J connectivity index is 2.36. The highest BCUT2D eigenvalue weighted by atomic mass is 32.2. The minimum absolute atomic E-state index is 0.0211. The average molecular weight is 312 g/mol. The van der Waals surface area contributed by atoms with Gasteiger partial charge in [0.15, 0.2) is 0 Å². The number of nitrogens with one attached hydrogen (secondary N) is 1. The van der Waals surface area contributed by atoms with Gasteiger partial charge in [0.1, 0.15) is 9.09 Å². The van der Waals surface area contributed by atoms with Crippen molar-refractivity contribution < 1.29 is 18.3 Å². The van der Waals surface area contributed by atoms with Gasteiger partial charge < -0.3 is 5.11 Å². The molecule has 2 heterocycles. The lowest BCUT2D eigenvalue weighted by Gasteiger charge is -2.05. The molecular weight excluding hydrogens is 300 g/mol. The zero-order valence-corrected chi connectivity index (χ0v) is 12.4. The molecule has 0 saturated heterocycles. The van der Waals surface area contributed by atoms with Crippen LogP contribution in [-0.4, -0.2) is 24.5 Å². The monoisotopic (exact) mass is 312 g/mol. The maximum Gasteiger partial charge on any atom is 0.346 e. The number of hydrogen-bond acceptors (Lipinski definition) is 5. The fourth-order valence-electron chi connectivity index (χ4n) is 1.61. The summed E-state index contributed by atoms with van der Waals surface area (Å²) >= 11 is 0.728. The van der Waals surface area contributed by atoms with Crippen LogP contribution < -0.4 is 4.72 Å². The molecule has 0 spiro atoms. The number of carbonyl (C=O) groups is 1. The molecule has 0 saturated carbocycles. The number of aromatic carboxylic acids is 1. The first-order chi connectivity index (χ1) is 9.29. The van der Waals surface area contributed by atoms with E-state index in [1.54, 1.807) is 26.1 Å². The van der Waals surface area contributed by atoms with Gasteiger partial charge in [0.25, 0.3) is 10.0 Å². The third-order valence-electron chi connectivity index (χ3n) is 2.48. The Hall–Kier alpha value is -1.93. The third kappa shape index (κ3) is 2.97. The summed E-state index contributed by atoms with van der Waals surface area (Å²) in [5, 5.41) is 8.96. The minimum atomic E-state index is -3.80. The number of nitrogens with zero attached hydrogens (tertiary/aromatic N) is 1. The largest absolute Gasteiger partial charge is 0.477 e. The lowest BCUT2D eigenvalue weighted by molar-refractivity contribution is 0.0701. The van der Waals surface area contributed by atoms with Crippen molar-refractivity contribution in [3.63, 3.8) is 0 Å². The van der Waals surface area contributed by atoms with E-state index in [4.69, 9.17) is 5.11 Å². The average Bonchev–Trinajstić information content (AvgIpc) is 2.71. The van der Waals surface area contributed by atoms with Crippen LogP contribution >= 0.6 is 11.3 Å². The van der Waals surface area contributed by atoms with Crippen molar-refractivity contribution in [2.75, 3.05) is 4.72 Å². The molecule has 0 aliphatic carbocycles. The van der Waals surface area contributed by atoms with E-state index >= 15 is 0 Å². The molecule has 2 N–H and O–H groups in total. The van der Waals surface area contributed by atoms with Crippen molar-refractivity contribution in [3.05, 3.63) is 40.5 Å². The number of carboxylic acids is 1. The molecule has 2 aromatic heterocycles. The van der Waals surface area contributed by atoms with Crippen molar-refractivity contribution >= 4 is 33.0 Å². The van der Waals surface area contributed by atoms with Crippen LogP contribution in [0.1, 0.15) is 20.8 Å². The number of rotatable bonds is 4. The van der Waals surface area contributed by atoms with Crippen molar-refractivity contribution in [2.45, 2.75) is 18.1 Å². The van der Waals surface area contributed by atoms with Gasteiger partial charge in [0.05, 0.1) is 11.9 Å². The molecule has 0 atom stereocenters. The maximum atomic E-state index is 12.2. The molecule has 0 amide bonds. The van der Waals surface area contributed by atoms with Crippen LogP contribution in [0.15, 0.2) is 28.7 Å². The Morgan fingerprint density at radius 2 is 2.00 bits per heavy atom. The van der Waals surface area contributed by atoms with Crippen molar-refractivity contribution in [1.82, 2.24) is 4.98 Å². The van der Waals surface area contributed by atoms with Gasteiger partial charge in [-0.05, 0) is 37.1 Å². The molecular formula is C12H12N2O4S2. The van der Waals surface area contributed by atoms with Gasteiger partial charge in [-0.15, -0.1) is 11.3 Å². The standard InChI is InChI=1S/C12H12N2O4S2/c1-7-3-9(6-13-5-7)14-20(17,18)10-4-8(2)11(19-10)12(15)16/h3-6,14H,1-2H3,(H,15,16). The SMILES string of the molecule is Cc1cncc(NS(=O)(=O)c2cc(C)c(C(=O)O)s2)c1. The van der Waals surface area contributed by atoms with Gasteiger partial charge >= 0.3 is 5.97 Å². The van der Waals surface area contributed by atoms with Gasteiger partial charge in [0.2, 0.25) is 0 Å². The minimum Gasteiger partial charge on any atom is -0.477 e. The molecule has 106 valence electrons.